The van der Waals surface area contributed by atoms with Gasteiger partial charge in [0.05, 0.1) is 12.2 Å². The number of carbonyl (C=O) groups excluding carboxylic acids is 2. The number of hydrogen-bond acceptors (Lipinski definition) is 6. The van der Waals surface area contributed by atoms with E-state index in [4.69, 9.17) is 9.88 Å². The van der Waals surface area contributed by atoms with Gasteiger partial charge in [0.1, 0.15) is 4.21 Å². The second-order valence-electron chi connectivity index (χ2n) is 10.7. The number of hydrogen-bond donors (Lipinski definition) is 1. The number of sulfonamides is 1. The zero-order valence-electron chi connectivity index (χ0n) is 24.5. The van der Waals surface area contributed by atoms with Crippen LogP contribution >= 0.6 is 11.3 Å². The average molecular weight is 599 g/mol. The number of nitrogens with zero attached hydrogens (tertiary/aromatic N) is 1. The Morgan fingerprint density at radius 1 is 0.927 bits per heavy atom. The molecule has 222 valence electrons. The Labute approximate surface area is 248 Å². The first-order valence-electron chi connectivity index (χ1n) is 14.3. The van der Waals surface area contributed by atoms with E-state index in [9.17, 15) is 18.0 Å². The monoisotopic (exact) mass is 598 g/mol. The number of thiophene rings is 1. The normalized spacial score (nSPS) is 11.6. The van der Waals surface area contributed by atoms with Crippen molar-refractivity contribution in [3.63, 3.8) is 0 Å². The summed E-state index contributed by atoms with van der Waals surface area (Å²) in [6.45, 7) is 9.27. The fourth-order valence-corrected chi connectivity index (χ4v) is 7.07. The molecule has 41 heavy (non-hydrogen) atoms. The lowest BCUT2D eigenvalue weighted by Crippen LogP contribution is -2.29. The minimum Gasteiger partial charge on any atom is -0.462 e. The van der Waals surface area contributed by atoms with Crippen LogP contribution in [-0.4, -0.2) is 31.8 Å². The molecule has 0 unspecified atom stereocenters. The minimum atomic E-state index is -4.10. The van der Waals surface area contributed by atoms with Crippen LogP contribution in [0.5, 0.6) is 0 Å². The van der Waals surface area contributed by atoms with Crippen molar-refractivity contribution in [2.24, 2.45) is 11.1 Å². The lowest BCUT2D eigenvalue weighted by molar-refractivity contribution is -0.132. The molecule has 0 saturated heterocycles. The fraction of sp³-hybridized carbons (Fsp3) is 0.438. The molecule has 1 heterocycles. The van der Waals surface area contributed by atoms with E-state index in [0.29, 0.717) is 41.9 Å². The Balaban J connectivity index is 2.00. The molecule has 1 amide bonds. The average Bonchev–Trinajstić information content (AvgIpc) is 3.31. The highest BCUT2D eigenvalue weighted by atomic mass is 32.2. The van der Waals surface area contributed by atoms with Crippen molar-refractivity contribution >= 4 is 33.2 Å². The molecule has 0 atom stereocenters. The molecule has 0 aliphatic rings. The van der Waals surface area contributed by atoms with E-state index in [1.807, 2.05) is 68.1 Å². The maximum atomic E-state index is 13.3. The quantitative estimate of drug-likeness (QED) is 0.151. The van der Waals surface area contributed by atoms with Gasteiger partial charge >= 0.3 is 5.97 Å². The predicted molar refractivity (Wildman–Crippen MR) is 165 cm³/mol. The summed E-state index contributed by atoms with van der Waals surface area (Å²) in [5, 5.41) is 5.66. The molecule has 3 aromatic rings. The topological polar surface area (TPSA) is 107 Å². The highest BCUT2D eigenvalue weighted by Crippen LogP contribution is 2.41. The number of carbonyl (C=O) groups is 2. The van der Waals surface area contributed by atoms with Crippen LogP contribution in [0.2, 0.25) is 0 Å². The lowest BCUT2D eigenvalue weighted by Gasteiger charge is -2.23. The highest BCUT2D eigenvalue weighted by Gasteiger charge is 2.31. The summed E-state index contributed by atoms with van der Waals surface area (Å²) in [6, 6.07) is 17.2. The molecule has 0 fully saturated rings. The van der Waals surface area contributed by atoms with Gasteiger partial charge in [-0.3, -0.25) is 4.79 Å². The summed E-state index contributed by atoms with van der Waals surface area (Å²) in [6.07, 6.45) is 4.36. The SMILES string of the molecule is CCCCOC(=O)c1c(CC(C)C)sc(S(N)(=O)=O)c1-c1ccc(CN(Cc2ccccc2)C(=O)CCCC)cc1. The van der Waals surface area contributed by atoms with E-state index in [0.717, 1.165) is 48.1 Å². The number of unbranched alkanes of at least 4 members (excludes halogenated alkanes) is 2. The first-order valence-corrected chi connectivity index (χ1v) is 16.7. The van der Waals surface area contributed by atoms with Gasteiger partial charge in [-0.1, -0.05) is 95.1 Å². The third-order valence-electron chi connectivity index (χ3n) is 6.67. The van der Waals surface area contributed by atoms with E-state index in [-0.39, 0.29) is 28.2 Å². The van der Waals surface area contributed by atoms with Crippen LogP contribution in [0.15, 0.2) is 58.8 Å². The summed E-state index contributed by atoms with van der Waals surface area (Å²) in [4.78, 5) is 28.9. The molecule has 0 aliphatic heterocycles. The second kappa shape index (κ2) is 15.3. The molecule has 1 aromatic heterocycles. The lowest BCUT2D eigenvalue weighted by atomic mass is 9.98. The number of rotatable bonds is 15. The van der Waals surface area contributed by atoms with Crippen LogP contribution in [0.3, 0.4) is 0 Å². The molecule has 3 rings (SSSR count). The fourth-order valence-electron chi connectivity index (χ4n) is 4.55. The predicted octanol–water partition coefficient (Wildman–Crippen LogP) is 6.94. The van der Waals surface area contributed by atoms with E-state index >= 15 is 0 Å². The molecular weight excluding hydrogens is 556 g/mol. The van der Waals surface area contributed by atoms with Gasteiger partial charge in [0.15, 0.2) is 0 Å². The van der Waals surface area contributed by atoms with Gasteiger partial charge < -0.3 is 9.64 Å². The van der Waals surface area contributed by atoms with Crippen molar-refractivity contribution in [1.82, 2.24) is 4.90 Å². The molecule has 0 radical (unpaired) electrons. The Bertz CT molecular complexity index is 1400. The molecule has 7 nitrogen and oxygen atoms in total. The molecular formula is C32H42N2O5S2. The van der Waals surface area contributed by atoms with E-state index in [1.54, 1.807) is 12.1 Å². The second-order valence-corrected chi connectivity index (χ2v) is 13.6. The molecule has 2 aromatic carbocycles. The number of amides is 1. The summed E-state index contributed by atoms with van der Waals surface area (Å²) < 4.78 is 30.9. The van der Waals surface area contributed by atoms with Gasteiger partial charge in [-0.15, -0.1) is 11.3 Å². The van der Waals surface area contributed by atoms with E-state index in [1.165, 1.54) is 0 Å². The van der Waals surface area contributed by atoms with Crippen LogP contribution in [0, 0.1) is 5.92 Å². The standard InChI is InChI=1S/C32H42N2O5S2/c1-5-7-14-28(35)34(21-24-12-10-9-11-13-24)22-25-15-17-26(18-16-25)29-30(31(36)39-19-8-6-2)27(20-23(3)4)40-32(29)41(33,37)38/h9-13,15-18,23H,5-8,14,19-22H2,1-4H3,(H2,33,37,38). The molecule has 0 aliphatic carbocycles. The molecule has 9 heteroatoms. The van der Waals surface area contributed by atoms with Crippen molar-refractivity contribution < 1.29 is 22.7 Å². The summed E-state index contributed by atoms with van der Waals surface area (Å²) in [7, 11) is -4.10. The zero-order valence-corrected chi connectivity index (χ0v) is 26.2. The third-order valence-corrected chi connectivity index (χ3v) is 9.34. The van der Waals surface area contributed by atoms with E-state index in [2.05, 4.69) is 6.92 Å². The molecule has 0 bridgehead atoms. The number of primary sulfonamides is 1. The van der Waals surface area contributed by atoms with Gasteiger partial charge in [-0.25, -0.2) is 18.4 Å². The number of ether oxygens (including phenoxy) is 1. The molecule has 0 spiro atoms. The number of benzene rings is 2. The summed E-state index contributed by atoms with van der Waals surface area (Å²) in [5.74, 6) is -0.250. The van der Waals surface area contributed by atoms with Crippen LogP contribution < -0.4 is 5.14 Å². The van der Waals surface area contributed by atoms with Gasteiger partial charge in [-0.05, 0) is 41.9 Å². The Morgan fingerprint density at radius 2 is 1.54 bits per heavy atom. The van der Waals surface area contributed by atoms with Crippen molar-refractivity contribution in [2.45, 2.75) is 83.5 Å². The van der Waals surface area contributed by atoms with Crippen molar-refractivity contribution in [3.05, 3.63) is 76.2 Å². The highest BCUT2D eigenvalue weighted by molar-refractivity contribution is 7.91. The van der Waals surface area contributed by atoms with Crippen LogP contribution in [0.25, 0.3) is 11.1 Å². The Kier molecular flexibility index (Phi) is 12.1. The molecule has 2 N–H and O–H groups in total. The van der Waals surface area contributed by atoms with Gasteiger partial charge in [0, 0.05) is 30.0 Å². The zero-order chi connectivity index (χ0) is 30.0. The van der Waals surface area contributed by atoms with E-state index < -0.39 is 16.0 Å². The molecule has 0 saturated carbocycles. The van der Waals surface area contributed by atoms with Crippen LogP contribution in [-0.2, 0) is 39.1 Å². The first kappa shape index (κ1) is 32.5. The van der Waals surface area contributed by atoms with Gasteiger partial charge in [0.25, 0.3) is 0 Å². The first-order chi connectivity index (χ1) is 19.5. The van der Waals surface area contributed by atoms with Gasteiger partial charge in [0.2, 0.25) is 15.9 Å². The Morgan fingerprint density at radius 3 is 2.10 bits per heavy atom. The summed E-state index contributed by atoms with van der Waals surface area (Å²) in [5.41, 5.74) is 3.09. The third kappa shape index (κ3) is 9.24. The van der Waals surface area contributed by atoms with Crippen LogP contribution in [0.4, 0.5) is 0 Å². The van der Waals surface area contributed by atoms with Crippen LogP contribution in [0.1, 0.15) is 86.2 Å². The number of nitrogens with two attached hydrogens (primary N) is 1. The summed E-state index contributed by atoms with van der Waals surface area (Å²) >= 11 is 1.04. The maximum absolute atomic E-state index is 13.3. The Hall–Kier alpha value is -3.01. The van der Waals surface area contributed by atoms with Gasteiger partial charge in [-0.2, -0.15) is 0 Å². The minimum absolute atomic E-state index is 0.0382. The smallest absolute Gasteiger partial charge is 0.339 e. The largest absolute Gasteiger partial charge is 0.462 e. The van der Waals surface area contributed by atoms with Crippen molar-refractivity contribution in [3.8, 4) is 11.1 Å². The van der Waals surface area contributed by atoms with Crippen molar-refractivity contribution in [1.29, 1.82) is 0 Å². The maximum Gasteiger partial charge on any atom is 0.339 e. The number of esters is 1. The van der Waals surface area contributed by atoms with Crippen molar-refractivity contribution in [2.75, 3.05) is 6.61 Å².